The van der Waals surface area contributed by atoms with E-state index in [1.807, 2.05) is 44.2 Å². The summed E-state index contributed by atoms with van der Waals surface area (Å²) in [6.45, 7) is 4.65. The molecule has 1 aliphatic heterocycles. The zero-order chi connectivity index (χ0) is 16.9. The summed E-state index contributed by atoms with van der Waals surface area (Å²) in [5, 5.41) is 0. The summed E-state index contributed by atoms with van der Waals surface area (Å²) in [4.78, 5) is 13.8. The van der Waals surface area contributed by atoms with Crippen molar-refractivity contribution >= 4 is 21.8 Å². The molecule has 1 heterocycles. The Hall–Kier alpha value is -1.66. The van der Waals surface area contributed by atoms with Crippen LogP contribution in [-0.2, 0) is 19.4 Å². The Balaban J connectivity index is 1.90. The van der Waals surface area contributed by atoms with Crippen LogP contribution in [0.3, 0.4) is 0 Å². The molecule has 1 amide bonds. The number of rotatable bonds is 5. The second-order valence-electron chi connectivity index (χ2n) is 5.92. The van der Waals surface area contributed by atoms with Gasteiger partial charge in [0.1, 0.15) is 5.75 Å². The number of hydrogen-bond acceptors (Lipinski definition) is 4. The number of carbonyl (C=O) groups excluding carboxylic acids is 1. The Morgan fingerprint density at radius 2 is 1.83 bits per heavy atom. The van der Waals surface area contributed by atoms with Gasteiger partial charge in [0.2, 0.25) is 5.91 Å². The van der Waals surface area contributed by atoms with Gasteiger partial charge in [-0.1, -0.05) is 42.5 Å². The fraction of sp³-hybridized carbons (Fsp3) is 0.471. The first-order valence-electron chi connectivity index (χ1n) is 7.71. The van der Waals surface area contributed by atoms with Crippen molar-refractivity contribution in [1.82, 2.24) is 4.90 Å². The van der Waals surface area contributed by atoms with Gasteiger partial charge in [-0.3, -0.25) is 4.79 Å². The third kappa shape index (κ3) is 5.80. The van der Waals surface area contributed by atoms with E-state index in [1.165, 1.54) is 0 Å². The molecule has 0 aromatic heterocycles. The summed E-state index contributed by atoms with van der Waals surface area (Å²) in [6, 6.07) is 9.46. The van der Waals surface area contributed by atoms with Crippen molar-refractivity contribution in [2.45, 2.75) is 26.1 Å². The number of ether oxygens (including phenoxy) is 1. The normalized spacial score (nSPS) is 22.4. The van der Waals surface area contributed by atoms with Gasteiger partial charge in [-0.25, -0.2) is 8.42 Å². The second kappa shape index (κ2) is 7.75. The van der Waals surface area contributed by atoms with Crippen LogP contribution in [0.4, 0.5) is 0 Å². The van der Waals surface area contributed by atoms with Crippen molar-refractivity contribution in [1.29, 1.82) is 0 Å². The zero-order valence-electron chi connectivity index (χ0n) is 13.5. The van der Waals surface area contributed by atoms with E-state index in [-0.39, 0.29) is 23.9 Å². The first-order chi connectivity index (χ1) is 10.9. The molecular formula is C17H23NO4S. The third-order valence-corrected chi connectivity index (χ3v) is 4.96. The Morgan fingerprint density at radius 3 is 2.43 bits per heavy atom. The van der Waals surface area contributed by atoms with E-state index >= 15 is 0 Å². The fourth-order valence-electron chi connectivity index (χ4n) is 2.61. The predicted octanol–water partition coefficient (Wildman–Crippen LogP) is 1.75. The highest BCUT2D eigenvalue weighted by atomic mass is 32.2. The van der Waals surface area contributed by atoms with Crippen LogP contribution >= 0.6 is 0 Å². The van der Waals surface area contributed by atoms with Crippen molar-refractivity contribution in [3.63, 3.8) is 0 Å². The molecule has 0 N–H and O–H groups in total. The molecule has 2 atom stereocenters. The molecule has 2 unspecified atom stereocenters. The minimum Gasteiger partial charge on any atom is -0.372 e. The second-order valence-corrected chi connectivity index (χ2v) is 8.03. The van der Waals surface area contributed by atoms with Crippen LogP contribution in [0, 0.1) is 0 Å². The molecule has 0 bridgehead atoms. The Kier molecular flexibility index (Phi) is 5.96. The maximum Gasteiger partial charge on any atom is 0.237 e. The van der Waals surface area contributed by atoms with Gasteiger partial charge >= 0.3 is 0 Å². The molecule has 0 saturated carbocycles. The molecule has 126 valence electrons. The third-order valence-electron chi connectivity index (χ3n) is 3.58. The van der Waals surface area contributed by atoms with Crippen molar-refractivity contribution < 1.29 is 17.9 Å². The average Bonchev–Trinajstić information content (AvgIpc) is 2.46. The lowest BCUT2D eigenvalue weighted by Crippen LogP contribution is -2.49. The first kappa shape index (κ1) is 17.7. The summed E-state index contributed by atoms with van der Waals surface area (Å²) in [5.74, 6) is -0.936. The van der Waals surface area contributed by atoms with E-state index in [2.05, 4.69) is 0 Å². The molecule has 0 radical (unpaired) electrons. The van der Waals surface area contributed by atoms with Gasteiger partial charge in [0, 0.05) is 13.1 Å². The van der Waals surface area contributed by atoms with Crippen LogP contribution in [-0.4, -0.2) is 56.0 Å². The van der Waals surface area contributed by atoms with E-state index in [9.17, 15) is 13.2 Å². The molecule has 1 fully saturated rings. The molecule has 5 nitrogen and oxygen atoms in total. The predicted molar refractivity (Wildman–Crippen MR) is 90.7 cm³/mol. The number of nitrogens with zero attached hydrogens (tertiary/aromatic N) is 1. The lowest BCUT2D eigenvalue weighted by atomic mass is 10.2. The molecule has 1 saturated heterocycles. The van der Waals surface area contributed by atoms with Crippen LogP contribution in [0.15, 0.2) is 36.4 Å². The number of hydrogen-bond donors (Lipinski definition) is 0. The number of morpholine rings is 1. The van der Waals surface area contributed by atoms with Crippen LogP contribution < -0.4 is 0 Å². The van der Waals surface area contributed by atoms with Gasteiger partial charge in [0.05, 0.1) is 18.0 Å². The summed E-state index contributed by atoms with van der Waals surface area (Å²) in [6.07, 6.45) is 3.20. The topological polar surface area (TPSA) is 63.7 Å². The summed E-state index contributed by atoms with van der Waals surface area (Å²) in [7, 11) is -3.45. The molecule has 6 heteroatoms. The number of benzene rings is 1. The molecule has 1 aromatic carbocycles. The van der Waals surface area contributed by atoms with Crippen LogP contribution in [0.2, 0.25) is 0 Å². The highest BCUT2D eigenvalue weighted by Crippen LogP contribution is 2.11. The number of carbonyl (C=O) groups is 1. The van der Waals surface area contributed by atoms with Crippen molar-refractivity contribution in [3.8, 4) is 0 Å². The fourth-order valence-corrected chi connectivity index (χ4v) is 3.68. The van der Waals surface area contributed by atoms with E-state index in [1.54, 1.807) is 17.1 Å². The lowest BCUT2D eigenvalue weighted by Gasteiger charge is -2.35. The summed E-state index contributed by atoms with van der Waals surface area (Å²) >= 11 is 0. The molecule has 1 aliphatic rings. The van der Waals surface area contributed by atoms with E-state index in [4.69, 9.17) is 4.74 Å². The van der Waals surface area contributed by atoms with E-state index in [0.717, 1.165) is 5.56 Å². The van der Waals surface area contributed by atoms with Gasteiger partial charge < -0.3 is 9.64 Å². The maximum atomic E-state index is 12.2. The van der Waals surface area contributed by atoms with Gasteiger partial charge in [-0.15, -0.1) is 0 Å². The molecule has 23 heavy (non-hydrogen) atoms. The minimum absolute atomic E-state index is 0.0663. The maximum absolute atomic E-state index is 12.2. The molecule has 2 rings (SSSR count). The molecule has 0 spiro atoms. The van der Waals surface area contributed by atoms with Gasteiger partial charge in [0.15, 0.2) is 9.84 Å². The number of sulfone groups is 1. The Labute approximate surface area is 137 Å². The van der Waals surface area contributed by atoms with Crippen LogP contribution in [0.1, 0.15) is 19.4 Å². The molecule has 1 aromatic rings. The average molecular weight is 337 g/mol. The monoisotopic (exact) mass is 337 g/mol. The quantitative estimate of drug-likeness (QED) is 0.821. The smallest absolute Gasteiger partial charge is 0.237 e. The molecular weight excluding hydrogens is 314 g/mol. The SMILES string of the molecule is CC1CN(C(=O)CS(=O)(=O)CC=Cc2ccccc2)CC(C)O1. The van der Waals surface area contributed by atoms with Crippen molar-refractivity contribution in [2.24, 2.45) is 0 Å². The van der Waals surface area contributed by atoms with E-state index in [0.29, 0.717) is 13.1 Å². The lowest BCUT2D eigenvalue weighted by molar-refractivity contribution is -0.140. The van der Waals surface area contributed by atoms with E-state index < -0.39 is 15.6 Å². The van der Waals surface area contributed by atoms with Crippen molar-refractivity contribution in [3.05, 3.63) is 42.0 Å². The molecule has 0 aliphatic carbocycles. The number of amides is 1. The summed E-state index contributed by atoms with van der Waals surface area (Å²) < 4.78 is 29.8. The van der Waals surface area contributed by atoms with Gasteiger partial charge in [-0.2, -0.15) is 0 Å². The Morgan fingerprint density at radius 1 is 1.22 bits per heavy atom. The minimum atomic E-state index is -3.45. The van der Waals surface area contributed by atoms with Gasteiger partial charge in [-0.05, 0) is 19.4 Å². The van der Waals surface area contributed by atoms with Crippen molar-refractivity contribution in [2.75, 3.05) is 24.6 Å². The largest absolute Gasteiger partial charge is 0.372 e. The standard InChI is InChI=1S/C17H23NO4S/c1-14-11-18(12-15(2)22-14)17(19)13-23(20,21)10-6-9-16-7-4-3-5-8-16/h3-9,14-15H,10-13H2,1-2H3. The first-order valence-corrected chi connectivity index (χ1v) is 9.53. The van der Waals surface area contributed by atoms with Crippen LogP contribution in [0.5, 0.6) is 0 Å². The Bertz CT molecular complexity index is 644. The highest BCUT2D eigenvalue weighted by Gasteiger charge is 2.28. The van der Waals surface area contributed by atoms with Gasteiger partial charge in [0.25, 0.3) is 0 Å². The summed E-state index contributed by atoms with van der Waals surface area (Å²) in [5.41, 5.74) is 0.935. The highest BCUT2D eigenvalue weighted by molar-refractivity contribution is 7.92. The zero-order valence-corrected chi connectivity index (χ0v) is 14.3. The van der Waals surface area contributed by atoms with Crippen LogP contribution in [0.25, 0.3) is 6.08 Å².